The van der Waals surface area contributed by atoms with E-state index in [-0.39, 0.29) is 22.2 Å². The predicted octanol–water partition coefficient (Wildman–Crippen LogP) is 5.23. The van der Waals surface area contributed by atoms with Crippen LogP contribution < -0.4 is 10.9 Å². The van der Waals surface area contributed by atoms with Crippen molar-refractivity contribution in [2.45, 2.75) is 37.6 Å². The molecule has 10 heteroatoms. The Morgan fingerprint density at radius 3 is 2.53 bits per heavy atom. The van der Waals surface area contributed by atoms with Gasteiger partial charge in [-0.3, -0.25) is 4.79 Å². The molecule has 32 heavy (non-hydrogen) atoms. The summed E-state index contributed by atoms with van der Waals surface area (Å²) in [5.41, 5.74) is -3.83. The van der Waals surface area contributed by atoms with Gasteiger partial charge in [0.2, 0.25) is 0 Å². The number of aromatic amines is 1. The van der Waals surface area contributed by atoms with Crippen LogP contribution in [0.2, 0.25) is 5.02 Å². The van der Waals surface area contributed by atoms with Crippen molar-refractivity contribution in [2.75, 3.05) is 5.32 Å². The molecule has 0 amide bonds. The molecular formula is C22H19ClF4N2O3. The fraction of sp³-hybridized carbons (Fsp3) is 0.318. The lowest BCUT2D eigenvalue weighted by atomic mass is 9.64. The fourth-order valence-corrected chi connectivity index (χ4v) is 4.81. The number of nitrogens with one attached hydrogen (secondary N) is 2. The Balaban J connectivity index is 2.01. The highest BCUT2D eigenvalue weighted by Gasteiger charge is 2.66. The summed E-state index contributed by atoms with van der Waals surface area (Å²) in [6.45, 7) is 2.57. The molecule has 1 aromatic heterocycles. The van der Waals surface area contributed by atoms with Crippen molar-refractivity contribution in [3.05, 3.63) is 68.8 Å². The largest absolute Gasteiger partial charge is 0.505 e. The summed E-state index contributed by atoms with van der Waals surface area (Å²) >= 11 is 5.86. The first-order valence-electron chi connectivity index (χ1n) is 9.76. The van der Waals surface area contributed by atoms with Gasteiger partial charge in [-0.25, -0.2) is 4.39 Å². The van der Waals surface area contributed by atoms with E-state index in [0.717, 1.165) is 6.07 Å². The minimum absolute atomic E-state index is 0.0658. The second-order valence-corrected chi connectivity index (χ2v) is 8.48. The zero-order valence-electron chi connectivity index (χ0n) is 16.9. The number of rotatable bonds is 2. The Labute approximate surface area is 184 Å². The smallest absolute Gasteiger partial charge is 0.419 e. The number of anilines is 1. The molecule has 1 aliphatic carbocycles. The van der Waals surface area contributed by atoms with Gasteiger partial charge < -0.3 is 20.5 Å². The molecule has 4 rings (SSSR count). The second kappa shape index (κ2) is 7.38. The number of phenols is 1. The number of aliphatic hydroxyl groups is 1. The molecule has 0 aliphatic heterocycles. The first kappa shape index (κ1) is 22.4. The van der Waals surface area contributed by atoms with Gasteiger partial charge in [0.1, 0.15) is 0 Å². The molecule has 4 N–H and O–H groups in total. The quantitative estimate of drug-likeness (QED) is 0.387. The molecule has 1 heterocycles. The zero-order chi connectivity index (χ0) is 23.6. The lowest BCUT2D eigenvalue weighted by Gasteiger charge is -2.49. The summed E-state index contributed by atoms with van der Waals surface area (Å²) in [7, 11) is 0. The molecule has 0 fully saturated rings. The number of aromatic nitrogens is 1. The van der Waals surface area contributed by atoms with E-state index in [4.69, 9.17) is 11.6 Å². The molecule has 0 spiro atoms. The average molecular weight is 471 g/mol. The van der Waals surface area contributed by atoms with Crippen LogP contribution in [0.15, 0.2) is 41.3 Å². The molecule has 0 bridgehead atoms. The van der Waals surface area contributed by atoms with Crippen molar-refractivity contribution >= 4 is 28.1 Å². The summed E-state index contributed by atoms with van der Waals surface area (Å²) in [5, 5.41) is 24.2. The first-order valence-corrected chi connectivity index (χ1v) is 10.1. The van der Waals surface area contributed by atoms with Crippen LogP contribution in [-0.2, 0) is 0 Å². The molecule has 4 atom stereocenters. The van der Waals surface area contributed by atoms with Gasteiger partial charge in [-0.1, -0.05) is 31.5 Å². The molecule has 5 nitrogen and oxygen atoms in total. The van der Waals surface area contributed by atoms with E-state index >= 15 is 0 Å². The topological polar surface area (TPSA) is 85.4 Å². The van der Waals surface area contributed by atoms with Gasteiger partial charge in [-0.05, 0) is 35.7 Å². The fourth-order valence-electron chi connectivity index (χ4n) is 4.61. The number of phenolic OH excluding ortho intramolecular Hbond substituents is 1. The predicted molar refractivity (Wildman–Crippen MR) is 113 cm³/mol. The van der Waals surface area contributed by atoms with Crippen molar-refractivity contribution in [2.24, 2.45) is 5.92 Å². The summed E-state index contributed by atoms with van der Waals surface area (Å²) < 4.78 is 57.3. The van der Waals surface area contributed by atoms with Crippen LogP contribution in [0.1, 0.15) is 36.9 Å². The Morgan fingerprint density at radius 1 is 1.19 bits per heavy atom. The first-order chi connectivity index (χ1) is 14.9. The number of fused-ring (bicyclic) bond motifs is 2. The summed E-state index contributed by atoms with van der Waals surface area (Å²) in [4.78, 5) is 14.6. The third-order valence-corrected chi connectivity index (χ3v) is 6.76. The number of hydrogen-bond donors (Lipinski definition) is 4. The minimum Gasteiger partial charge on any atom is -0.505 e. The number of halogens is 5. The molecule has 170 valence electrons. The molecule has 0 saturated carbocycles. The van der Waals surface area contributed by atoms with Crippen LogP contribution in [0.5, 0.6) is 5.75 Å². The lowest BCUT2D eigenvalue weighted by molar-refractivity contribution is -0.289. The molecule has 1 aliphatic rings. The van der Waals surface area contributed by atoms with Gasteiger partial charge in [0.25, 0.3) is 5.56 Å². The van der Waals surface area contributed by atoms with E-state index in [1.165, 1.54) is 44.3 Å². The zero-order valence-corrected chi connectivity index (χ0v) is 17.6. The molecule has 0 radical (unpaired) electrons. The standard InChI is InChI=1S/C22H19ClF4N2O3/c1-9-10(2)21(32,22(25,26)27)19(13-8-14(23)17(24)18(30)16(9)13)29-15-5-3-4-12-11(15)6-7-28-20(12)31/h3-10,19,29-30,32H,1-2H3,(H,28,31). The van der Waals surface area contributed by atoms with Crippen molar-refractivity contribution in [1.29, 1.82) is 0 Å². The van der Waals surface area contributed by atoms with E-state index < -0.39 is 51.8 Å². The summed E-state index contributed by atoms with van der Waals surface area (Å²) in [6, 6.07) is 5.10. The lowest BCUT2D eigenvalue weighted by Crippen LogP contribution is -2.60. The number of benzene rings is 2. The molecule has 3 aromatic rings. The highest BCUT2D eigenvalue weighted by atomic mass is 35.5. The number of aromatic hydroxyl groups is 1. The number of pyridine rings is 1. The maximum Gasteiger partial charge on any atom is 0.419 e. The number of H-pyrrole nitrogens is 1. The highest BCUT2D eigenvalue weighted by Crippen LogP contribution is 2.58. The maximum atomic E-state index is 14.3. The van der Waals surface area contributed by atoms with Gasteiger partial charge >= 0.3 is 6.18 Å². The van der Waals surface area contributed by atoms with Crippen LogP contribution in [0.3, 0.4) is 0 Å². The molecule has 4 unspecified atom stereocenters. The van der Waals surface area contributed by atoms with Gasteiger partial charge in [-0.15, -0.1) is 0 Å². The van der Waals surface area contributed by atoms with E-state index in [0.29, 0.717) is 5.39 Å². The van der Waals surface area contributed by atoms with Crippen LogP contribution >= 0.6 is 11.6 Å². The van der Waals surface area contributed by atoms with Crippen LogP contribution in [-0.4, -0.2) is 27.0 Å². The van der Waals surface area contributed by atoms with E-state index in [1.807, 2.05) is 0 Å². The van der Waals surface area contributed by atoms with Crippen molar-refractivity contribution < 1.29 is 27.8 Å². The second-order valence-electron chi connectivity index (χ2n) is 8.08. The van der Waals surface area contributed by atoms with Crippen LogP contribution in [0.4, 0.5) is 23.2 Å². The normalized spacial score (nSPS) is 25.6. The maximum absolute atomic E-state index is 14.3. The molecule has 2 aromatic carbocycles. The van der Waals surface area contributed by atoms with Crippen molar-refractivity contribution in [3.63, 3.8) is 0 Å². The SMILES string of the molecule is CC1c2c(cc(Cl)c(F)c2O)C(Nc2cccc3c(=O)[nH]ccc23)C(O)(C(F)(F)F)C1C. The Morgan fingerprint density at radius 2 is 1.88 bits per heavy atom. The Kier molecular flexibility index (Phi) is 5.17. The number of alkyl halides is 3. The summed E-state index contributed by atoms with van der Waals surface area (Å²) in [6.07, 6.45) is -3.74. The summed E-state index contributed by atoms with van der Waals surface area (Å²) in [5.74, 6) is -4.50. The molecular weight excluding hydrogens is 452 g/mol. The third-order valence-electron chi connectivity index (χ3n) is 6.49. The monoisotopic (exact) mass is 470 g/mol. The van der Waals surface area contributed by atoms with Gasteiger partial charge in [0, 0.05) is 34.1 Å². The number of hydrogen-bond acceptors (Lipinski definition) is 4. The van der Waals surface area contributed by atoms with E-state index in [2.05, 4.69) is 10.3 Å². The van der Waals surface area contributed by atoms with Crippen molar-refractivity contribution in [3.8, 4) is 5.75 Å². The van der Waals surface area contributed by atoms with Gasteiger partial charge in [0.05, 0.1) is 11.1 Å². The van der Waals surface area contributed by atoms with Crippen LogP contribution in [0, 0.1) is 11.7 Å². The highest BCUT2D eigenvalue weighted by molar-refractivity contribution is 6.31. The van der Waals surface area contributed by atoms with Crippen molar-refractivity contribution in [1.82, 2.24) is 4.98 Å². The van der Waals surface area contributed by atoms with Gasteiger partial charge in [-0.2, -0.15) is 13.2 Å². The van der Waals surface area contributed by atoms with E-state index in [9.17, 15) is 32.6 Å². The van der Waals surface area contributed by atoms with Gasteiger partial charge in [0.15, 0.2) is 17.2 Å². The Hall–Kier alpha value is -2.78. The third kappa shape index (κ3) is 3.06. The van der Waals surface area contributed by atoms with E-state index in [1.54, 1.807) is 0 Å². The minimum atomic E-state index is -5.09. The molecule has 0 saturated heterocycles. The van der Waals surface area contributed by atoms with Crippen LogP contribution in [0.25, 0.3) is 10.8 Å². The average Bonchev–Trinajstić information content (AvgIpc) is 2.73. The Bertz CT molecular complexity index is 1280.